The zero-order chi connectivity index (χ0) is 18.2. The molecule has 0 atom stereocenters. The number of hydrogen-bond acceptors (Lipinski definition) is 3. The third-order valence-corrected chi connectivity index (χ3v) is 3.85. The van der Waals surface area contributed by atoms with E-state index in [4.69, 9.17) is 9.47 Å². The summed E-state index contributed by atoms with van der Waals surface area (Å²) in [5.41, 5.74) is 4.46. The lowest BCUT2D eigenvalue weighted by molar-refractivity contribution is 0.236. The molecule has 2 aromatic carbocycles. The van der Waals surface area contributed by atoms with Gasteiger partial charge in [0.1, 0.15) is 18.1 Å². The van der Waals surface area contributed by atoms with Gasteiger partial charge in [0.25, 0.3) is 0 Å². The molecule has 0 aromatic heterocycles. The molecule has 0 saturated carbocycles. The maximum Gasteiger partial charge on any atom is 0.315 e. The number of urea groups is 1. The average molecular weight is 342 g/mol. The zero-order valence-electron chi connectivity index (χ0n) is 15.3. The van der Waals surface area contributed by atoms with Crippen LogP contribution in [0.15, 0.2) is 36.4 Å². The molecule has 0 radical (unpaired) electrons. The fraction of sp³-hybridized carbons (Fsp3) is 0.350. The Balaban J connectivity index is 1.70. The number of carbonyl (C=O) groups excluding carboxylic acids is 1. The Labute approximate surface area is 149 Å². The van der Waals surface area contributed by atoms with Crippen LogP contribution in [-0.2, 0) is 6.54 Å². The quantitative estimate of drug-likeness (QED) is 0.757. The highest BCUT2D eigenvalue weighted by Crippen LogP contribution is 2.24. The van der Waals surface area contributed by atoms with Gasteiger partial charge in [-0.25, -0.2) is 4.79 Å². The molecule has 2 rings (SSSR count). The second-order valence-electron chi connectivity index (χ2n) is 6.03. The van der Waals surface area contributed by atoms with Crippen molar-refractivity contribution < 1.29 is 14.3 Å². The summed E-state index contributed by atoms with van der Waals surface area (Å²) in [5.74, 6) is 1.69. The van der Waals surface area contributed by atoms with Gasteiger partial charge in [-0.2, -0.15) is 0 Å². The van der Waals surface area contributed by atoms with Crippen LogP contribution in [0.5, 0.6) is 11.5 Å². The minimum Gasteiger partial charge on any atom is -0.497 e. The first-order valence-electron chi connectivity index (χ1n) is 8.35. The van der Waals surface area contributed by atoms with E-state index in [1.54, 1.807) is 7.11 Å². The molecule has 2 amide bonds. The summed E-state index contributed by atoms with van der Waals surface area (Å²) in [6.45, 7) is 7.47. The lowest BCUT2D eigenvalue weighted by atomic mass is 10.1. The van der Waals surface area contributed by atoms with Gasteiger partial charge >= 0.3 is 6.03 Å². The monoisotopic (exact) mass is 342 g/mol. The van der Waals surface area contributed by atoms with Crippen LogP contribution in [0.25, 0.3) is 0 Å². The Morgan fingerprint density at radius 1 is 1.00 bits per heavy atom. The van der Waals surface area contributed by atoms with E-state index in [9.17, 15) is 4.79 Å². The molecule has 134 valence electrons. The maximum atomic E-state index is 11.8. The predicted molar refractivity (Wildman–Crippen MR) is 99.4 cm³/mol. The van der Waals surface area contributed by atoms with Crippen molar-refractivity contribution in [3.8, 4) is 11.5 Å². The molecule has 0 spiro atoms. The van der Waals surface area contributed by atoms with Crippen LogP contribution in [-0.4, -0.2) is 26.3 Å². The van der Waals surface area contributed by atoms with Crippen molar-refractivity contribution in [3.05, 3.63) is 58.7 Å². The first-order valence-corrected chi connectivity index (χ1v) is 8.35. The minimum atomic E-state index is -0.211. The predicted octanol–water partition coefficient (Wildman–Crippen LogP) is 3.50. The van der Waals surface area contributed by atoms with Crippen molar-refractivity contribution in [2.45, 2.75) is 27.3 Å². The highest BCUT2D eigenvalue weighted by atomic mass is 16.5. The van der Waals surface area contributed by atoms with Gasteiger partial charge in [0.05, 0.1) is 13.7 Å². The van der Waals surface area contributed by atoms with Crippen molar-refractivity contribution in [2.24, 2.45) is 0 Å². The highest BCUT2D eigenvalue weighted by Gasteiger charge is 2.05. The molecule has 2 N–H and O–H groups in total. The molecular formula is C20H26N2O3. The fourth-order valence-electron chi connectivity index (χ4n) is 2.70. The van der Waals surface area contributed by atoms with Crippen LogP contribution < -0.4 is 20.1 Å². The summed E-state index contributed by atoms with van der Waals surface area (Å²) < 4.78 is 10.9. The maximum absolute atomic E-state index is 11.8. The van der Waals surface area contributed by atoms with Crippen LogP contribution in [0, 0.1) is 20.8 Å². The van der Waals surface area contributed by atoms with Gasteiger partial charge < -0.3 is 20.1 Å². The number of nitrogens with one attached hydrogen (secondary N) is 2. The normalized spacial score (nSPS) is 10.2. The summed E-state index contributed by atoms with van der Waals surface area (Å²) in [6.07, 6.45) is 0. The molecule has 25 heavy (non-hydrogen) atoms. The van der Waals surface area contributed by atoms with Gasteiger partial charge in [0.15, 0.2) is 0 Å². The largest absolute Gasteiger partial charge is 0.497 e. The topological polar surface area (TPSA) is 59.6 Å². The number of rotatable bonds is 7. The smallest absolute Gasteiger partial charge is 0.315 e. The molecule has 0 heterocycles. The molecule has 0 saturated heterocycles. The van der Waals surface area contributed by atoms with Gasteiger partial charge in [0, 0.05) is 6.54 Å². The third-order valence-electron chi connectivity index (χ3n) is 3.85. The standard InChI is InChI=1S/C20H26N2O3/c1-14-11-15(2)19(16(3)12-14)25-10-9-21-20(23)22-13-17-5-7-18(24-4)8-6-17/h5-8,11-12H,9-10,13H2,1-4H3,(H2,21,22,23). The lowest BCUT2D eigenvalue weighted by Crippen LogP contribution is -2.37. The number of carbonyl (C=O) groups is 1. The van der Waals surface area contributed by atoms with Crippen molar-refractivity contribution in [1.82, 2.24) is 10.6 Å². The first-order chi connectivity index (χ1) is 12.0. The average Bonchev–Trinajstić information content (AvgIpc) is 2.59. The van der Waals surface area contributed by atoms with E-state index < -0.39 is 0 Å². The van der Waals surface area contributed by atoms with Gasteiger partial charge in [0.2, 0.25) is 0 Å². The molecular weight excluding hydrogens is 316 g/mol. The van der Waals surface area contributed by atoms with Gasteiger partial charge in [-0.1, -0.05) is 29.8 Å². The first kappa shape index (κ1) is 18.6. The summed E-state index contributed by atoms with van der Waals surface area (Å²) in [5, 5.41) is 5.62. The Kier molecular flexibility index (Phi) is 6.69. The highest BCUT2D eigenvalue weighted by molar-refractivity contribution is 5.73. The molecule has 5 heteroatoms. The molecule has 0 bridgehead atoms. The molecule has 0 unspecified atom stereocenters. The second-order valence-corrected chi connectivity index (χ2v) is 6.03. The molecule has 2 aromatic rings. The van der Waals surface area contributed by atoms with E-state index in [-0.39, 0.29) is 6.03 Å². The van der Waals surface area contributed by atoms with Crippen molar-refractivity contribution >= 4 is 6.03 Å². The van der Waals surface area contributed by atoms with Crippen molar-refractivity contribution in [2.75, 3.05) is 20.3 Å². The number of hydrogen-bond donors (Lipinski definition) is 2. The van der Waals surface area contributed by atoms with E-state index in [0.717, 1.165) is 28.2 Å². The van der Waals surface area contributed by atoms with Crippen molar-refractivity contribution in [1.29, 1.82) is 0 Å². The van der Waals surface area contributed by atoms with Crippen LogP contribution >= 0.6 is 0 Å². The Morgan fingerprint density at radius 3 is 2.24 bits per heavy atom. The SMILES string of the molecule is COc1ccc(CNC(=O)NCCOc2c(C)cc(C)cc2C)cc1. The Morgan fingerprint density at radius 2 is 1.64 bits per heavy atom. The number of methoxy groups -OCH3 is 1. The summed E-state index contributed by atoms with van der Waals surface area (Å²) >= 11 is 0. The van der Waals surface area contributed by atoms with Crippen LogP contribution in [0.2, 0.25) is 0 Å². The van der Waals surface area contributed by atoms with Crippen LogP contribution in [0.3, 0.4) is 0 Å². The third kappa shape index (κ3) is 5.71. The Hall–Kier alpha value is -2.69. The number of aryl methyl sites for hydroxylation is 3. The van der Waals surface area contributed by atoms with Crippen LogP contribution in [0.4, 0.5) is 4.79 Å². The van der Waals surface area contributed by atoms with E-state index in [2.05, 4.69) is 29.7 Å². The number of benzene rings is 2. The molecule has 0 aliphatic rings. The van der Waals surface area contributed by atoms with Crippen molar-refractivity contribution in [3.63, 3.8) is 0 Å². The summed E-state index contributed by atoms with van der Waals surface area (Å²) in [7, 11) is 1.63. The fourth-order valence-corrected chi connectivity index (χ4v) is 2.70. The van der Waals surface area contributed by atoms with Gasteiger partial charge in [-0.3, -0.25) is 0 Å². The van der Waals surface area contributed by atoms with E-state index >= 15 is 0 Å². The molecule has 0 fully saturated rings. The summed E-state index contributed by atoms with van der Waals surface area (Å²) in [4.78, 5) is 11.8. The van der Waals surface area contributed by atoms with E-state index in [1.807, 2.05) is 38.1 Å². The minimum absolute atomic E-state index is 0.211. The lowest BCUT2D eigenvalue weighted by Gasteiger charge is -2.14. The number of ether oxygens (including phenoxy) is 2. The van der Waals surface area contributed by atoms with Crippen LogP contribution in [0.1, 0.15) is 22.3 Å². The molecule has 0 aliphatic heterocycles. The summed E-state index contributed by atoms with van der Waals surface area (Å²) in [6, 6.07) is 11.6. The van der Waals surface area contributed by atoms with Gasteiger partial charge in [-0.05, 0) is 49.6 Å². The van der Waals surface area contributed by atoms with Gasteiger partial charge in [-0.15, -0.1) is 0 Å². The zero-order valence-corrected chi connectivity index (χ0v) is 15.3. The van der Waals surface area contributed by atoms with E-state index in [1.165, 1.54) is 5.56 Å². The Bertz CT molecular complexity index is 688. The second kappa shape index (κ2) is 8.97. The molecule has 5 nitrogen and oxygen atoms in total. The van der Waals surface area contributed by atoms with E-state index in [0.29, 0.717) is 19.7 Å². The number of amides is 2. The molecule has 0 aliphatic carbocycles.